The van der Waals surface area contributed by atoms with Crippen molar-refractivity contribution < 1.29 is 23.8 Å². The van der Waals surface area contributed by atoms with E-state index in [1.165, 1.54) is 33.3 Å². The fourth-order valence-corrected chi connectivity index (χ4v) is 3.17. The molecular formula is C22H20ClNO5. The molecule has 0 spiro atoms. The number of hydrogen-bond donors (Lipinski definition) is 1. The molecule has 1 atom stereocenters. The fourth-order valence-electron chi connectivity index (χ4n) is 2.89. The lowest BCUT2D eigenvalue weighted by molar-refractivity contribution is -0.123. The Bertz CT molecular complexity index is 1060. The van der Waals surface area contributed by atoms with Gasteiger partial charge >= 0.3 is 5.97 Å². The van der Waals surface area contributed by atoms with Crippen LogP contribution < -0.4 is 14.8 Å². The number of anilines is 1. The van der Waals surface area contributed by atoms with E-state index in [2.05, 4.69) is 5.32 Å². The molecule has 6 nitrogen and oxygen atoms in total. The van der Waals surface area contributed by atoms with Crippen molar-refractivity contribution in [2.45, 2.75) is 13.0 Å². The Hall–Kier alpha value is -3.25. The highest BCUT2D eigenvalue weighted by atomic mass is 35.5. The van der Waals surface area contributed by atoms with E-state index in [9.17, 15) is 9.59 Å². The lowest BCUT2D eigenvalue weighted by Gasteiger charge is -2.16. The van der Waals surface area contributed by atoms with Gasteiger partial charge in [0.25, 0.3) is 5.91 Å². The van der Waals surface area contributed by atoms with E-state index in [0.717, 1.165) is 10.8 Å². The highest BCUT2D eigenvalue weighted by Crippen LogP contribution is 2.36. The zero-order valence-electron chi connectivity index (χ0n) is 16.2. The average Bonchev–Trinajstić information content (AvgIpc) is 2.73. The van der Waals surface area contributed by atoms with Crippen molar-refractivity contribution in [3.05, 3.63) is 65.2 Å². The number of fused-ring (bicyclic) bond motifs is 1. The van der Waals surface area contributed by atoms with Crippen LogP contribution in [0, 0.1) is 0 Å². The third-order valence-electron chi connectivity index (χ3n) is 4.37. The number of esters is 1. The van der Waals surface area contributed by atoms with E-state index in [1.54, 1.807) is 6.07 Å². The topological polar surface area (TPSA) is 73.9 Å². The maximum atomic E-state index is 12.6. The second-order valence-corrected chi connectivity index (χ2v) is 6.66. The number of nitrogens with one attached hydrogen (secondary N) is 1. The summed E-state index contributed by atoms with van der Waals surface area (Å²) in [5.41, 5.74) is 0.794. The van der Waals surface area contributed by atoms with Crippen molar-refractivity contribution in [2.75, 3.05) is 19.5 Å². The first-order valence-corrected chi connectivity index (χ1v) is 9.23. The molecule has 0 aliphatic heterocycles. The molecule has 0 bridgehead atoms. The molecule has 0 unspecified atom stereocenters. The Morgan fingerprint density at radius 1 is 1.00 bits per heavy atom. The maximum Gasteiger partial charge on any atom is 0.339 e. The molecule has 3 rings (SSSR count). The molecule has 1 N–H and O–H groups in total. The van der Waals surface area contributed by atoms with Gasteiger partial charge in [0.05, 0.1) is 24.8 Å². The van der Waals surface area contributed by atoms with E-state index in [0.29, 0.717) is 17.2 Å². The van der Waals surface area contributed by atoms with E-state index in [4.69, 9.17) is 25.8 Å². The standard InChI is InChI=1S/C22H20ClNO5/c1-13(21(25)24-18-10-6-8-14-7-4-5-9-16(14)18)29-22(26)15-11-17(23)20(28-3)19(12-15)27-2/h4-13H,1-3H3,(H,24,25)/t13-/m0/s1. The molecule has 29 heavy (non-hydrogen) atoms. The first-order valence-electron chi connectivity index (χ1n) is 8.85. The maximum absolute atomic E-state index is 12.6. The van der Waals surface area contributed by atoms with Crippen molar-refractivity contribution in [1.82, 2.24) is 0 Å². The zero-order valence-corrected chi connectivity index (χ0v) is 16.9. The van der Waals surface area contributed by atoms with Gasteiger partial charge in [0.2, 0.25) is 0 Å². The van der Waals surface area contributed by atoms with Crippen molar-refractivity contribution in [1.29, 1.82) is 0 Å². The summed E-state index contributed by atoms with van der Waals surface area (Å²) in [5, 5.41) is 4.90. The van der Waals surface area contributed by atoms with Gasteiger partial charge in [-0.25, -0.2) is 4.79 Å². The molecule has 3 aromatic carbocycles. The normalized spacial score (nSPS) is 11.6. The van der Waals surface area contributed by atoms with E-state index < -0.39 is 18.0 Å². The smallest absolute Gasteiger partial charge is 0.339 e. The Morgan fingerprint density at radius 3 is 2.45 bits per heavy atom. The quantitative estimate of drug-likeness (QED) is 0.593. The van der Waals surface area contributed by atoms with Gasteiger partial charge in [-0.3, -0.25) is 4.79 Å². The number of halogens is 1. The van der Waals surface area contributed by atoms with Crippen LogP contribution in [0.4, 0.5) is 5.69 Å². The lowest BCUT2D eigenvalue weighted by atomic mass is 10.1. The second-order valence-electron chi connectivity index (χ2n) is 6.26. The summed E-state index contributed by atoms with van der Waals surface area (Å²) >= 11 is 6.13. The highest BCUT2D eigenvalue weighted by molar-refractivity contribution is 6.32. The van der Waals surface area contributed by atoms with Crippen molar-refractivity contribution in [3.8, 4) is 11.5 Å². The Morgan fingerprint density at radius 2 is 1.72 bits per heavy atom. The number of carbonyl (C=O) groups excluding carboxylic acids is 2. The van der Waals surface area contributed by atoms with Crippen molar-refractivity contribution in [3.63, 3.8) is 0 Å². The molecular weight excluding hydrogens is 394 g/mol. The second kappa shape index (κ2) is 8.84. The first kappa shape index (κ1) is 20.5. The van der Waals surface area contributed by atoms with Gasteiger partial charge in [0, 0.05) is 11.1 Å². The summed E-state index contributed by atoms with van der Waals surface area (Å²) in [5.74, 6) is -0.540. The van der Waals surface area contributed by atoms with Gasteiger partial charge in [-0.2, -0.15) is 0 Å². The molecule has 0 heterocycles. The molecule has 0 fully saturated rings. The summed E-state index contributed by atoms with van der Waals surface area (Å²) in [6.45, 7) is 1.50. The molecule has 0 aliphatic rings. The molecule has 1 amide bonds. The Kier molecular flexibility index (Phi) is 6.24. The minimum Gasteiger partial charge on any atom is -0.493 e. The molecule has 0 saturated carbocycles. The van der Waals surface area contributed by atoms with Crippen LogP contribution in [0.15, 0.2) is 54.6 Å². The molecule has 0 aromatic heterocycles. The van der Waals surface area contributed by atoms with Gasteiger partial charge < -0.3 is 19.5 Å². The predicted molar refractivity (Wildman–Crippen MR) is 112 cm³/mol. The summed E-state index contributed by atoms with van der Waals surface area (Å²) in [7, 11) is 2.88. The summed E-state index contributed by atoms with van der Waals surface area (Å²) in [6.07, 6.45) is -1.02. The average molecular weight is 414 g/mol. The van der Waals surface area contributed by atoms with Gasteiger partial charge in [0.1, 0.15) is 0 Å². The Balaban J connectivity index is 1.74. The minimum atomic E-state index is -1.02. The zero-order chi connectivity index (χ0) is 21.0. The van der Waals surface area contributed by atoms with Crippen LogP contribution in [0.1, 0.15) is 17.3 Å². The minimum absolute atomic E-state index is 0.150. The van der Waals surface area contributed by atoms with Crippen LogP contribution in [0.25, 0.3) is 10.8 Å². The molecule has 0 aliphatic carbocycles. The SMILES string of the molecule is COc1cc(C(=O)O[C@@H](C)C(=O)Nc2cccc3ccccc23)cc(Cl)c1OC. The van der Waals surface area contributed by atoms with Gasteiger partial charge in [-0.05, 0) is 30.5 Å². The number of benzene rings is 3. The number of hydrogen-bond acceptors (Lipinski definition) is 5. The lowest BCUT2D eigenvalue weighted by Crippen LogP contribution is -2.30. The molecule has 0 radical (unpaired) electrons. The predicted octanol–water partition coefficient (Wildman–Crippen LogP) is 4.69. The molecule has 150 valence electrons. The monoisotopic (exact) mass is 413 g/mol. The molecule has 0 saturated heterocycles. The van der Waals surface area contributed by atoms with E-state index >= 15 is 0 Å². The fraction of sp³-hybridized carbons (Fsp3) is 0.182. The van der Waals surface area contributed by atoms with Crippen molar-refractivity contribution >= 4 is 39.9 Å². The third-order valence-corrected chi connectivity index (χ3v) is 4.65. The van der Waals surface area contributed by atoms with Crippen LogP contribution >= 0.6 is 11.6 Å². The number of methoxy groups -OCH3 is 2. The summed E-state index contributed by atoms with van der Waals surface area (Å²) in [6, 6.07) is 16.1. The molecule has 7 heteroatoms. The van der Waals surface area contributed by atoms with Crippen LogP contribution in [0.3, 0.4) is 0 Å². The van der Waals surface area contributed by atoms with Gasteiger partial charge in [-0.15, -0.1) is 0 Å². The van der Waals surface area contributed by atoms with Crippen LogP contribution in [0.2, 0.25) is 5.02 Å². The Labute approximate surface area is 173 Å². The van der Waals surface area contributed by atoms with Crippen LogP contribution in [-0.2, 0) is 9.53 Å². The van der Waals surface area contributed by atoms with Crippen molar-refractivity contribution in [2.24, 2.45) is 0 Å². The highest BCUT2D eigenvalue weighted by Gasteiger charge is 2.22. The number of amides is 1. The number of rotatable bonds is 6. The molecule has 3 aromatic rings. The first-order chi connectivity index (χ1) is 13.9. The van der Waals surface area contributed by atoms with Gasteiger partial charge in [0.15, 0.2) is 17.6 Å². The number of ether oxygens (including phenoxy) is 3. The summed E-state index contributed by atoms with van der Waals surface area (Å²) < 4.78 is 15.6. The number of carbonyl (C=O) groups is 2. The van der Waals surface area contributed by atoms with Crippen LogP contribution in [0.5, 0.6) is 11.5 Å². The summed E-state index contributed by atoms with van der Waals surface area (Å²) in [4.78, 5) is 25.0. The van der Waals surface area contributed by atoms with Crippen LogP contribution in [-0.4, -0.2) is 32.2 Å². The van der Waals surface area contributed by atoms with Gasteiger partial charge in [-0.1, -0.05) is 48.0 Å². The third kappa shape index (κ3) is 4.43. The van der Waals surface area contributed by atoms with E-state index in [1.807, 2.05) is 36.4 Å². The largest absolute Gasteiger partial charge is 0.493 e. The van der Waals surface area contributed by atoms with E-state index in [-0.39, 0.29) is 10.6 Å².